The van der Waals surface area contributed by atoms with Crippen molar-refractivity contribution in [3.63, 3.8) is 0 Å². The summed E-state index contributed by atoms with van der Waals surface area (Å²) in [7, 11) is 1.58. The summed E-state index contributed by atoms with van der Waals surface area (Å²) in [5.74, 6) is -1.47. The molecule has 0 saturated carbocycles. The summed E-state index contributed by atoms with van der Waals surface area (Å²) in [6, 6.07) is 8.55. The first kappa shape index (κ1) is 26.8. The average Bonchev–Trinajstić information content (AvgIpc) is 2.87. The third kappa shape index (κ3) is 6.17. The van der Waals surface area contributed by atoms with Gasteiger partial charge in [-0.3, -0.25) is 14.7 Å². The smallest absolute Gasteiger partial charge is 0.309 e. The highest BCUT2D eigenvalue weighted by atomic mass is 19.1. The maximum atomic E-state index is 13.3. The van der Waals surface area contributed by atoms with Gasteiger partial charge in [-0.05, 0) is 75.0 Å². The molecule has 1 saturated heterocycles. The van der Waals surface area contributed by atoms with Gasteiger partial charge in [0.25, 0.3) is 0 Å². The van der Waals surface area contributed by atoms with Crippen LogP contribution < -0.4 is 9.47 Å². The molecule has 1 fully saturated rings. The molecule has 0 unspecified atom stereocenters. The number of aliphatic carboxylic acids is 1. The Morgan fingerprint density at radius 3 is 2.49 bits per heavy atom. The quantitative estimate of drug-likeness (QED) is 0.398. The van der Waals surface area contributed by atoms with Crippen LogP contribution >= 0.6 is 0 Å². The molecule has 1 aliphatic heterocycles. The minimum absolute atomic E-state index is 0.125. The van der Waals surface area contributed by atoms with Crippen molar-refractivity contribution in [2.75, 3.05) is 33.4 Å². The molecule has 37 heavy (non-hydrogen) atoms. The maximum absolute atomic E-state index is 13.3. The van der Waals surface area contributed by atoms with Gasteiger partial charge in [-0.25, -0.2) is 8.78 Å². The van der Waals surface area contributed by atoms with Gasteiger partial charge in [0.05, 0.1) is 24.1 Å². The molecule has 3 aromatic rings. The van der Waals surface area contributed by atoms with Crippen molar-refractivity contribution in [1.82, 2.24) is 9.88 Å². The first-order chi connectivity index (χ1) is 17.7. The van der Waals surface area contributed by atoms with Gasteiger partial charge in [-0.1, -0.05) is 0 Å². The predicted molar refractivity (Wildman–Crippen MR) is 135 cm³/mol. The van der Waals surface area contributed by atoms with E-state index in [0.29, 0.717) is 51.1 Å². The number of piperidine rings is 1. The Morgan fingerprint density at radius 2 is 1.84 bits per heavy atom. The fraction of sp³-hybridized carbons (Fsp3) is 0.429. The molecule has 2 aromatic carbocycles. The third-order valence-electron chi connectivity index (χ3n) is 7.32. The summed E-state index contributed by atoms with van der Waals surface area (Å²) >= 11 is 0. The number of aliphatic hydroxyl groups is 1. The number of benzene rings is 2. The molecule has 2 N–H and O–H groups in total. The topological polar surface area (TPSA) is 92.1 Å². The van der Waals surface area contributed by atoms with E-state index in [-0.39, 0.29) is 12.4 Å². The van der Waals surface area contributed by atoms with Crippen LogP contribution in [0.2, 0.25) is 0 Å². The number of nitrogens with zero attached hydrogens (tertiary/aromatic N) is 2. The number of fused-ring (bicyclic) bond motifs is 1. The SMILES string of the molecule is COc1ccc2ncc(C)c([C@@H](O)CCC3(C(=O)O)CCN(CCOc4cc(F)cc(F)c4)CC3)c2c1. The summed E-state index contributed by atoms with van der Waals surface area (Å²) in [5.41, 5.74) is 1.39. The molecule has 0 bridgehead atoms. The molecule has 0 spiro atoms. The highest BCUT2D eigenvalue weighted by Gasteiger charge is 2.41. The van der Waals surface area contributed by atoms with Crippen molar-refractivity contribution in [2.24, 2.45) is 5.41 Å². The van der Waals surface area contributed by atoms with Crippen molar-refractivity contribution >= 4 is 16.9 Å². The minimum atomic E-state index is -0.932. The second kappa shape index (κ2) is 11.4. The molecule has 9 heteroatoms. The Morgan fingerprint density at radius 1 is 1.14 bits per heavy atom. The van der Waals surface area contributed by atoms with Gasteiger partial charge in [0.2, 0.25) is 0 Å². The van der Waals surface area contributed by atoms with E-state index in [1.807, 2.05) is 25.1 Å². The van der Waals surface area contributed by atoms with E-state index >= 15 is 0 Å². The van der Waals surface area contributed by atoms with E-state index in [0.717, 1.165) is 40.2 Å². The number of methoxy groups -OCH3 is 1. The van der Waals surface area contributed by atoms with E-state index in [1.54, 1.807) is 13.3 Å². The lowest BCUT2D eigenvalue weighted by atomic mass is 9.74. The van der Waals surface area contributed by atoms with Crippen LogP contribution in [0.4, 0.5) is 8.78 Å². The number of pyridine rings is 1. The van der Waals surface area contributed by atoms with Crippen LogP contribution in [0.25, 0.3) is 10.9 Å². The first-order valence-electron chi connectivity index (χ1n) is 12.4. The second-order valence-corrected chi connectivity index (χ2v) is 9.67. The largest absolute Gasteiger partial charge is 0.497 e. The first-order valence-corrected chi connectivity index (χ1v) is 12.4. The fourth-order valence-electron chi connectivity index (χ4n) is 5.10. The van der Waals surface area contributed by atoms with Crippen molar-refractivity contribution in [3.8, 4) is 11.5 Å². The zero-order chi connectivity index (χ0) is 26.6. The van der Waals surface area contributed by atoms with E-state index in [9.17, 15) is 23.8 Å². The molecule has 1 atom stereocenters. The number of ether oxygens (including phenoxy) is 2. The third-order valence-corrected chi connectivity index (χ3v) is 7.32. The highest BCUT2D eigenvalue weighted by Crippen LogP contribution is 2.40. The van der Waals surface area contributed by atoms with E-state index in [2.05, 4.69) is 9.88 Å². The van der Waals surface area contributed by atoms with Crippen molar-refractivity contribution in [3.05, 3.63) is 65.4 Å². The number of likely N-dealkylation sites (tertiary alicyclic amines) is 1. The zero-order valence-electron chi connectivity index (χ0n) is 21.0. The molecular formula is C28H32F2N2O5. The lowest BCUT2D eigenvalue weighted by molar-refractivity contribution is -0.153. The van der Waals surface area contributed by atoms with Crippen LogP contribution in [0.1, 0.15) is 42.9 Å². The van der Waals surface area contributed by atoms with E-state index in [4.69, 9.17) is 9.47 Å². The molecule has 198 valence electrons. The summed E-state index contributed by atoms with van der Waals surface area (Å²) < 4.78 is 37.5. The van der Waals surface area contributed by atoms with Gasteiger partial charge in [0.1, 0.15) is 29.7 Å². The van der Waals surface area contributed by atoms with Gasteiger partial charge in [-0.2, -0.15) is 0 Å². The molecule has 1 aromatic heterocycles. The van der Waals surface area contributed by atoms with Crippen molar-refractivity contribution < 1.29 is 33.3 Å². The average molecular weight is 515 g/mol. The second-order valence-electron chi connectivity index (χ2n) is 9.67. The molecule has 0 aliphatic carbocycles. The fourth-order valence-corrected chi connectivity index (χ4v) is 5.10. The normalized spacial score (nSPS) is 16.5. The van der Waals surface area contributed by atoms with Crippen LogP contribution in [-0.2, 0) is 4.79 Å². The molecule has 0 amide bonds. The number of aliphatic hydroxyl groups excluding tert-OH is 1. The highest BCUT2D eigenvalue weighted by molar-refractivity contribution is 5.85. The maximum Gasteiger partial charge on any atom is 0.309 e. The van der Waals surface area contributed by atoms with Gasteiger partial charge in [-0.15, -0.1) is 0 Å². The molecule has 1 aliphatic rings. The van der Waals surface area contributed by atoms with Crippen LogP contribution in [0.5, 0.6) is 11.5 Å². The Bertz CT molecular complexity index is 1240. The number of aromatic nitrogens is 1. The van der Waals surface area contributed by atoms with Crippen molar-refractivity contribution in [2.45, 2.75) is 38.7 Å². The van der Waals surface area contributed by atoms with E-state index in [1.165, 1.54) is 0 Å². The molecule has 2 heterocycles. The molecular weight excluding hydrogens is 482 g/mol. The molecule has 7 nitrogen and oxygen atoms in total. The van der Waals surface area contributed by atoms with Crippen LogP contribution in [0, 0.1) is 24.0 Å². The summed E-state index contributed by atoms with van der Waals surface area (Å²) in [4.78, 5) is 18.9. The number of carboxylic acids is 1. The Kier molecular flexibility index (Phi) is 8.24. The number of carboxylic acid groups (broad SMARTS) is 1. The number of hydrogen-bond donors (Lipinski definition) is 2. The zero-order valence-corrected chi connectivity index (χ0v) is 21.0. The minimum Gasteiger partial charge on any atom is -0.497 e. The number of rotatable bonds is 10. The van der Waals surface area contributed by atoms with Gasteiger partial charge < -0.3 is 19.7 Å². The number of aryl methyl sites for hydroxylation is 1. The number of hydrogen-bond acceptors (Lipinski definition) is 6. The van der Waals surface area contributed by atoms with Gasteiger partial charge >= 0.3 is 5.97 Å². The monoisotopic (exact) mass is 514 g/mol. The predicted octanol–water partition coefficient (Wildman–Crippen LogP) is 4.89. The summed E-state index contributed by atoms with van der Waals surface area (Å²) in [6.07, 6.45) is 2.40. The van der Waals surface area contributed by atoms with E-state index < -0.39 is 29.1 Å². The Hall–Kier alpha value is -3.30. The number of carbonyl (C=O) groups is 1. The van der Waals surface area contributed by atoms with Crippen molar-refractivity contribution in [1.29, 1.82) is 0 Å². The lowest BCUT2D eigenvalue weighted by Crippen LogP contribution is -2.45. The molecule has 0 radical (unpaired) electrons. The Balaban J connectivity index is 1.37. The standard InChI is InChI=1S/C28H32F2N2O5/c1-18-17-31-24-4-3-21(36-2)16-23(24)26(18)25(33)5-6-28(27(34)35)7-9-32(10-8-28)11-12-37-22-14-19(29)13-20(30)15-22/h3-4,13-17,25,33H,5-12H2,1-2H3,(H,34,35)/t25-/m0/s1. The molecule has 4 rings (SSSR count). The van der Waals surface area contributed by atoms with Crippen LogP contribution in [0.15, 0.2) is 42.6 Å². The summed E-state index contributed by atoms with van der Waals surface area (Å²) in [5, 5.41) is 22.1. The van der Waals surface area contributed by atoms with Gasteiger partial charge in [0.15, 0.2) is 0 Å². The number of halogens is 2. The van der Waals surface area contributed by atoms with Crippen LogP contribution in [-0.4, -0.2) is 59.4 Å². The Labute approximate surface area is 214 Å². The van der Waals surface area contributed by atoms with Gasteiger partial charge in [0, 0.05) is 36.3 Å². The lowest BCUT2D eigenvalue weighted by Gasteiger charge is -2.39. The van der Waals surface area contributed by atoms with Crippen LogP contribution in [0.3, 0.4) is 0 Å². The summed E-state index contributed by atoms with van der Waals surface area (Å²) in [6.45, 7) is 3.74.